The van der Waals surface area contributed by atoms with Gasteiger partial charge in [0.05, 0.1) is 30.0 Å². The Kier molecular flexibility index (Phi) is 4.41. The number of hydrogen-bond donors (Lipinski definition) is 2. The van der Waals surface area contributed by atoms with E-state index in [2.05, 4.69) is 15.3 Å². The highest BCUT2D eigenvalue weighted by Crippen LogP contribution is 2.40. The maximum absolute atomic E-state index is 12.6. The number of benzene rings is 1. The third-order valence-electron chi connectivity index (χ3n) is 4.39. The number of nitrogens with zero attached hydrogens (tertiary/aromatic N) is 1. The van der Waals surface area contributed by atoms with E-state index in [1.54, 1.807) is 37.5 Å². The number of esters is 1. The van der Waals surface area contributed by atoms with Gasteiger partial charge >= 0.3 is 5.97 Å². The van der Waals surface area contributed by atoms with E-state index < -0.39 is 5.97 Å². The SMILES string of the molecule is CCOC(=O)C1=C(c2cccnc2)c2[nH]c3ccc(Cl)cc3c2NC(=O)C1. The molecule has 0 saturated heterocycles. The van der Waals surface area contributed by atoms with Crippen LogP contribution in [0, 0.1) is 0 Å². The molecule has 7 heteroatoms. The lowest BCUT2D eigenvalue weighted by atomic mass is 9.96. The molecule has 2 N–H and O–H groups in total. The molecule has 0 fully saturated rings. The number of rotatable bonds is 3. The molecule has 6 nitrogen and oxygen atoms in total. The first-order valence-electron chi connectivity index (χ1n) is 8.50. The molecule has 0 unspecified atom stereocenters. The number of pyridine rings is 1. The van der Waals surface area contributed by atoms with E-state index in [9.17, 15) is 9.59 Å². The molecule has 3 aromatic rings. The summed E-state index contributed by atoms with van der Waals surface area (Å²) in [7, 11) is 0. The van der Waals surface area contributed by atoms with Crippen molar-refractivity contribution in [2.75, 3.05) is 11.9 Å². The average molecular weight is 382 g/mol. The molecule has 1 aliphatic rings. The van der Waals surface area contributed by atoms with Crippen molar-refractivity contribution in [2.45, 2.75) is 13.3 Å². The number of carbonyl (C=O) groups is 2. The third kappa shape index (κ3) is 3.08. The molecular formula is C20H16ClN3O3. The van der Waals surface area contributed by atoms with Crippen LogP contribution in [0.3, 0.4) is 0 Å². The van der Waals surface area contributed by atoms with Gasteiger partial charge in [0.25, 0.3) is 0 Å². The Morgan fingerprint density at radius 1 is 1.33 bits per heavy atom. The molecule has 0 spiro atoms. The van der Waals surface area contributed by atoms with Crippen LogP contribution in [0.4, 0.5) is 5.69 Å². The van der Waals surface area contributed by atoms with Gasteiger partial charge in [0.15, 0.2) is 0 Å². The van der Waals surface area contributed by atoms with Gasteiger partial charge in [0, 0.05) is 39.5 Å². The van der Waals surface area contributed by atoms with Gasteiger partial charge in [0.2, 0.25) is 5.91 Å². The van der Waals surface area contributed by atoms with E-state index in [0.717, 1.165) is 16.5 Å². The van der Waals surface area contributed by atoms with Crippen molar-refractivity contribution in [3.8, 4) is 0 Å². The summed E-state index contributed by atoms with van der Waals surface area (Å²) in [6.45, 7) is 1.95. The van der Waals surface area contributed by atoms with Crippen LogP contribution in [0.2, 0.25) is 5.02 Å². The molecule has 27 heavy (non-hydrogen) atoms. The number of anilines is 1. The van der Waals surface area contributed by atoms with Crippen LogP contribution < -0.4 is 5.32 Å². The van der Waals surface area contributed by atoms with Crippen LogP contribution in [0.15, 0.2) is 48.3 Å². The number of halogens is 1. The molecule has 1 aromatic carbocycles. The Morgan fingerprint density at radius 2 is 2.19 bits per heavy atom. The van der Waals surface area contributed by atoms with Gasteiger partial charge in [-0.15, -0.1) is 0 Å². The highest BCUT2D eigenvalue weighted by Gasteiger charge is 2.30. The highest BCUT2D eigenvalue weighted by atomic mass is 35.5. The van der Waals surface area contributed by atoms with Crippen LogP contribution in [0.1, 0.15) is 24.6 Å². The number of aromatic nitrogens is 2. The number of H-pyrrole nitrogens is 1. The Hall–Kier alpha value is -3.12. The molecule has 0 radical (unpaired) electrons. The maximum atomic E-state index is 12.6. The summed E-state index contributed by atoms with van der Waals surface area (Å²) in [5.41, 5.74) is 3.64. The lowest BCUT2D eigenvalue weighted by molar-refractivity contribution is -0.139. The van der Waals surface area contributed by atoms with Crippen LogP contribution in [-0.4, -0.2) is 28.5 Å². The summed E-state index contributed by atoms with van der Waals surface area (Å²) < 4.78 is 5.21. The van der Waals surface area contributed by atoms with Crippen molar-refractivity contribution in [2.24, 2.45) is 0 Å². The Labute approximate surface area is 160 Å². The Morgan fingerprint density at radius 3 is 2.93 bits per heavy atom. The second-order valence-corrected chi connectivity index (χ2v) is 6.54. The van der Waals surface area contributed by atoms with Crippen molar-refractivity contribution in [3.63, 3.8) is 0 Å². The minimum atomic E-state index is -0.518. The van der Waals surface area contributed by atoms with Gasteiger partial charge < -0.3 is 15.0 Å². The highest BCUT2D eigenvalue weighted by molar-refractivity contribution is 6.31. The predicted molar refractivity (Wildman–Crippen MR) is 103 cm³/mol. The zero-order valence-corrected chi connectivity index (χ0v) is 15.3. The standard InChI is InChI=1S/C20H16ClN3O3/c1-2-27-20(26)14-9-16(25)24-18-13-8-12(21)5-6-15(13)23-19(18)17(14)11-4-3-7-22-10-11/h3-8,10,23H,2,9H2,1H3,(H,24,25). The average Bonchev–Trinajstić information content (AvgIpc) is 2.91. The summed E-state index contributed by atoms with van der Waals surface area (Å²) in [6.07, 6.45) is 3.22. The van der Waals surface area contributed by atoms with Crippen LogP contribution in [0.5, 0.6) is 0 Å². The van der Waals surface area contributed by atoms with Crippen LogP contribution >= 0.6 is 11.6 Å². The van der Waals surface area contributed by atoms with Crippen molar-refractivity contribution in [1.82, 2.24) is 9.97 Å². The minimum Gasteiger partial charge on any atom is -0.463 e. The quantitative estimate of drug-likeness (QED) is 0.673. The fourth-order valence-electron chi connectivity index (χ4n) is 3.29. The van der Waals surface area contributed by atoms with E-state index in [1.165, 1.54) is 0 Å². The number of aromatic amines is 1. The molecular weight excluding hydrogens is 366 g/mol. The monoisotopic (exact) mass is 381 g/mol. The smallest absolute Gasteiger partial charge is 0.335 e. The van der Waals surface area contributed by atoms with Crippen molar-refractivity contribution in [3.05, 3.63) is 64.6 Å². The molecule has 0 aliphatic carbocycles. The number of amides is 1. The summed E-state index contributed by atoms with van der Waals surface area (Å²) in [5.74, 6) is -0.810. The Balaban J connectivity index is 2.06. The lowest BCUT2D eigenvalue weighted by Gasteiger charge is -2.11. The van der Waals surface area contributed by atoms with E-state index in [0.29, 0.717) is 27.6 Å². The maximum Gasteiger partial charge on any atom is 0.335 e. The number of fused-ring (bicyclic) bond motifs is 3. The normalized spacial score (nSPS) is 13.9. The van der Waals surface area contributed by atoms with Crippen molar-refractivity contribution < 1.29 is 14.3 Å². The van der Waals surface area contributed by atoms with E-state index in [-0.39, 0.29) is 18.9 Å². The molecule has 4 rings (SSSR count). The van der Waals surface area contributed by atoms with Gasteiger partial charge in [-0.2, -0.15) is 0 Å². The third-order valence-corrected chi connectivity index (χ3v) is 4.62. The Bertz CT molecular complexity index is 1090. The molecule has 1 aliphatic heterocycles. The zero-order valence-electron chi connectivity index (χ0n) is 14.5. The molecule has 136 valence electrons. The van der Waals surface area contributed by atoms with Crippen molar-refractivity contribution in [1.29, 1.82) is 0 Å². The number of carbonyl (C=O) groups excluding carboxylic acids is 2. The van der Waals surface area contributed by atoms with Crippen LogP contribution in [0.25, 0.3) is 16.5 Å². The van der Waals surface area contributed by atoms with Gasteiger partial charge in [-0.25, -0.2) is 4.79 Å². The molecule has 0 atom stereocenters. The minimum absolute atomic E-state index is 0.0896. The second-order valence-electron chi connectivity index (χ2n) is 6.11. The summed E-state index contributed by atoms with van der Waals surface area (Å²) in [4.78, 5) is 32.7. The summed E-state index contributed by atoms with van der Waals surface area (Å²) >= 11 is 6.15. The fraction of sp³-hybridized carbons (Fsp3) is 0.150. The molecule has 3 heterocycles. The van der Waals surface area contributed by atoms with Gasteiger partial charge in [-0.3, -0.25) is 9.78 Å². The molecule has 1 amide bonds. The van der Waals surface area contributed by atoms with E-state index in [4.69, 9.17) is 16.3 Å². The lowest BCUT2D eigenvalue weighted by Crippen LogP contribution is -2.16. The largest absolute Gasteiger partial charge is 0.463 e. The number of hydrogen-bond acceptors (Lipinski definition) is 4. The number of ether oxygens (including phenoxy) is 1. The van der Waals surface area contributed by atoms with Gasteiger partial charge in [0.1, 0.15) is 0 Å². The van der Waals surface area contributed by atoms with Crippen molar-refractivity contribution >= 4 is 45.6 Å². The second kappa shape index (κ2) is 6.89. The zero-order chi connectivity index (χ0) is 19.0. The van der Waals surface area contributed by atoms with Crippen LogP contribution in [-0.2, 0) is 14.3 Å². The molecule has 2 aromatic heterocycles. The predicted octanol–water partition coefficient (Wildman–Crippen LogP) is 3.92. The first-order chi connectivity index (χ1) is 13.1. The van der Waals surface area contributed by atoms with Gasteiger partial charge in [-0.1, -0.05) is 17.7 Å². The first kappa shape index (κ1) is 17.3. The molecule has 0 bridgehead atoms. The summed E-state index contributed by atoms with van der Waals surface area (Å²) in [5, 5.41) is 4.23. The topological polar surface area (TPSA) is 84.1 Å². The molecule has 0 saturated carbocycles. The van der Waals surface area contributed by atoms with E-state index >= 15 is 0 Å². The van der Waals surface area contributed by atoms with Gasteiger partial charge in [-0.05, 0) is 31.2 Å². The summed E-state index contributed by atoms with van der Waals surface area (Å²) in [6, 6.07) is 9.01. The first-order valence-corrected chi connectivity index (χ1v) is 8.88. The fourth-order valence-corrected chi connectivity index (χ4v) is 3.46. The van der Waals surface area contributed by atoms with E-state index in [1.807, 2.05) is 12.1 Å². The number of nitrogens with one attached hydrogen (secondary N) is 2.